The summed E-state index contributed by atoms with van der Waals surface area (Å²) in [6, 6.07) is 7.21. The van der Waals surface area contributed by atoms with Gasteiger partial charge in [0.2, 0.25) is 0 Å². The highest BCUT2D eigenvalue weighted by atomic mass is 35.5. The van der Waals surface area contributed by atoms with E-state index < -0.39 is 0 Å². The first-order valence-electron chi connectivity index (χ1n) is 8.72. The number of aryl methyl sites for hydroxylation is 1. The number of nitrogens with zero attached hydrogens (tertiary/aromatic N) is 3. The molecule has 1 atom stereocenters. The maximum absolute atomic E-state index is 12.8. The zero-order valence-corrected chi connectivity index (χ0v) is 16.6. The Morgan fingerprint density at radius 1 is 1.22 bits per heavy atom. The highest BCUT2D eigenvalue weighted by Crippen LogP contribution is 2.34. The van der Waals surface area contributed by atoms with Gasteiger partial charge in [-0.25, -0.2) is 9.97 Å². The summed E-state index contributed by atoms with van der Waals surface area (Å²) in [5.74, 6) is 0.675. The number of fused-ring (bicyclic) bond motifs is 1. The molecule has 142 valence electrons. The lowest BCUT2D eigenvalue weighted by molar-refractivity contribution is 0.153. The molecule has 3 rings (SSSR count). The van der Waals surface area contributed by atoms with Gasteiger partial charge in [-0.1, -0.05) is 18.5 Å². The first kappa shape index (κ1) is 19.3. The van der Waals surface area contributed by atoms with Gasteiger partial charge in [-0.3, -0.25) is 9.36 Å². The number of methoxy groups -OCH3 is 2. The van der Waals surface area contributed by atoms with Crippen molar-refractivity contribution in [2.24, 2.45) is 0 Å². The van der Waals surface area contributed by atoms with E-state index in [9.17, 15) is 4.79 Å². The van der Waals surface area contributed by atoms with E-state index in [1.54, 1.807) is 38.0 Å². The minimum Gasteiger partial charge on any atom is -0.497 e. The molecule has 0 fully saturated rings. The third-order valence-electron chi connectivity index (χ3n) is 4.60. The molecular formula is C20H22ClN3O3. The SMILES string of the molecule is CC[C@@H](COC)n1c(=O)c(C)nc2c(-c3ccc(OC)cc3Cl)ccnc21. The molecule has 1 aromatic carbocycles. The van der Waals surface area contributed by atoms with Gasteiger partial charge in [0, 0.05) is 24.4 Å². The van der Waals surface area contributed by atoms with Crippen LogP contribution in [0.1, 0.15) is 25.1 Å². The van der Waals surface area contributed by atoms with E-state index in [0.29, 0.717) is 34.2 Å². The number of hydrogen-bond acceptors (Lipinski definition) is 5. The molecule has 0 aliphatic rings. The zero-order chi connectivity index (χ0) is 19.6. The predicted octanol–water partition coefficient (Wildman–Crippen LogP) is 4.03. The number of aromatic nitrogens is 3. The van der Waals surface area contributed by atoms with Crippen LogP contribution in [0.2, 0.25) is 5.02 Å². The van der Waals surface area contributed by atoms with Crippen LogP contribution in [-0.4, -0.2) is 35.4 Å². The molecule has 7 heteroatoms. The van der Waals surface area contributed by atoms with E-state index in [2.05, 4.69) is 9.97 Å². The first-order valence-corrected chi connectivity index (χ1v) is 9.10. The third-order valence-corrected chi connectivity index (χ3v) is 4.92. The van der Waals surface area contributed by atoms with Gasteiger partial charge in [-0.15, -0.1) is 0 Å². The molecular weight excluding hydrogens is 366 g/mol. The number of halogens is 1. The van der Waals surface area contributed by atoms with Crippen LogP contribution in [-0.2, 0) is 4.74 Å². The van der Waals surface area contributed by atoms with Gasteiger partial charge in [-0.05, 0) is 37.6 Å². The van der Waals surface area contributed by atoms with Crippen molar-refractivity contribution in [2.45, 2.75) is 26.3 Å². The van der Waals surface area contributed by atoms with Crippen molar-refractivity contribution in [3.05, 3.63) is 51.5 Å². The number of rotatable bonds is 6. The minimum atomic E-state index is -0.156. The van der Waals surface area contributed by atoms with Crippen LogP contribution in [0.25, 0.3) is 22.3 Å². The Morgan fingerprint density at radius 3 is 2.63 bits per heavy atom. The van der Waals surface area contributed by atoms with Crippen molar-refractivity contribution in [2.75, 3.05) is 20.8 Å². The van der Waals surface area contributed by atoms with Gasteiger partial charge < -0.3 is 9.47 Å². The molecule has 3 aromatic rings. The average Bonchev–Trinajstić information content (AvgIpc) is 2.67. The third kappa shape index (κ3) is 3.55. The van der Waals surface area contributed by atoms with Crippen molar-refractivity contribution in [3.8, 4) is 16.9 Å². The van der Waals surface area contributed by atoms with Crippen LogP contribution < -0.4 is 10.3 Å². The van der Waals surface area contributed by atoms with Crippen molar-refractivity contribution in [1.82, 2.24) is 14.5 Å². The molecule has 0 unspecified atom stereocenters. The molecule has 2 aromatic heterocycles. The minimum absolute atomic E-state index is 0.124. The van der Waals surface area contributed by atoms with Crippen molar-refractivity contribution < 1.29 is 9.47 Å². The lowest BCUT2D eigenvalue weighted by Gasteiger charge is -2.20. The highest BCUT2D eigenvalue weighted by molar-refractivity contribution is 6.33. The Morgan fingerprint density at radius 2 is 2.00 bits per heavy atom. The molecule has 0 N–H and O–H groups in total. The Labute approximate surface area is 162 Å². The molecule has 0 spiro atoms. The standard InChI is InChI=1S/C20H22ClN3O3/c1-5-13(11-26-3)24-19-18(23-12(2)20(24)25)16(8-9-22-19)15-7-6-14(27-4)10-17(15)21/h6-10,13H,5,11H2,1-4H3/t13-/m0/s1. The van der Waals surface area contributed by atoms with E-state index in [1.165, 1.54) is 0 Å². The van der Waals surface area contributed by atoms with Gasteiger partial charge >= 0.3 is 0 Å². The van der Waals surface area contributed by atoms with E-state index in [-0.39, 0.29) is 11.6 Å². The Kier molecular flexibility index (Phi) is 5.77. The lowest BCUT2D eigenvalue weighted by Crippen LogP contribution is -2.30. The molecule has 0 saturated carbocycles. The molecule has 0 bridgehead atoms. The molecule has 0 aliphatic heterocycles. The fourth-order valence-electron chi connectivity index (χ4n) is 3.18. The summed E-state index contributed by atoms with van der Waals surface area (Å²) in [7, 11) is 3.22. The van der Waals surface area contributed by atoms with E-state index in [1.807, 2.05) is 25.1 Å². The smallest absolute Gasteiger partial charge is 0.273 e. The van der Waals surface area contributed by atoms with Gasteiger partial charge in [0.1, 0.15) is 17.0 Å². The Hall–Kier alpha value is -2.44. The fraction of sp³-hybridized carbons (Fsp3) is 0.350. The van der Waals surface area contributed by atoms with Crippen molar-refractivity contribution >= 4 is 22.8 Å². The molecule has 0 radical (unpaired) electrons. The van der Waals surface area contributed by atoms with Crippen molar-refractivity contribution in [1.29, 1.82) is 0 Å². The molecule has 27 heavy (non-hydrogen) atoms. The monoisotopic (exact) mass is 387 g/mol. The number of ether oxygens (including phenoxy) is 2. The summed E-state index contributed by atoms with van der Waals surface area (Å²) < 4.78 is 12.2. The fourth-order valence-corrected chi connectivity index (χ4v) is 3.45. The Bertz CT molecular complexity index is 1030. The zero-order valence-electron chi connectivity index (χ0n) is 15.8. The number of benzene rings is 1. The maximum Gasteiger partial charge on any atom is 0.273 e. The van der Waals surface area contributed by atoms with Crippen LogP contribution in [0.15, 0.2) is 35.3 Å². The van der Waals surface area contributed by atoms with Crippen LogP contribution in [0.4, 0.5) is 0 Å². The van der Waals surface area contributed by atoms with E-state index >= 15 is 0 Å². The summed E-state index contributed by atoms with van der Waals surface area (Å²) in [4.78, 5) is 21.8. The second kappa shape index (κ2) is 8.06. The molecule has 6 nitrogen and oxygen atoms in total. The van der Waals surface area contributed by atoms with Gasteiger partial charge in [-0.2, -0.15) is 0 Å². The van der Waals surface area contributed by atoms with E-state index in [0.717, 1.165) is 17.5 Å². The van der Waals surface area contributed by atoms with E-state index in [4.69, 9.17) is 21.1 Å². The van der Waals surface area contributed by atoms with Crippen LogP contribution in [0, 0.1) is 6.92 Å². The topological polar surface area (TPSA) is 66.2 Å². The molecule has 0 saturated heterocycles. The summed E-state index contributed by atoms with van der Waals surface area (Å²) in [6.07, 6.45) is 2.41. The highest BCUT2D eigenvalue weighted by Gasteiger charge is 2.20. The normalized spacial score (nSPS) is 12.3. The lowest BCUT2D eigenvalue weighted by atomic mass is 10.0. The quantitative estimate of drug-likeness (QED) is 0.639. The largest absolute Gasteiger partial charge is 0.497 e. The Balaban J connectivity index is 2.32. The van der Waals surface area contributed by atoms with Gasteiger partial charge in [0.05, 0.1) is 24.8 Å². The van der Waals surface area contributed by atoms with Crippen molar-refractivity contribution in [3.63, 3.8) is 0 Å². The number of hydrogen-bond donors (Lipinski definition) is 0. The molecule has 0 aliphatic carbocycles. The van der Waals surface area contributed by atoms with Gasteiger partial charge in [0.25, 0.3) is 5.56 Å². The second-order valence-corrected chi connectivity index (χ2v) is 6.67. The average molecular weight is 388 g/mol. The maximum atomic E-state index is 12.8. The summed E-state index contributed by atoms with van der Waals surface area (Å²) in [6.45, 7) is 4.15. The summed E-state index contributed by atoms with van der Waals surface area (Å²) in [5, 5.41) is 0.544. The first-order chi connectivity index (χ1) is 13.0. The molecule has 0 amide bonds. The van der Waals surface area contributed by atoms with Crippen LogP contribution in [0.3, 0.4) is 0 Å². The summed E-state index contributed by atoms with van der Waals surface area (Å²) >= 11 is 6.48. The second-order valence-electron chi connectivity index (χ2n) is 6.27. The predicted molar refractivity (Wildman–Crippen MR) is 107 cm³/mol. The van der Waals surface area contributed by atoms with Crippen LogP contribution >= 0.6 is 11.6 Å². The number of pyridine rings is 1. The van der Waals surface area contributed by atoms with Crippen LogP contribution in [0.5, 0.6) is 5.75 Å². The molecule has 2 heterocycles. The summed E-state index contributed by atoms with van der Waals surface area (Å²) in [5.41, 5.74) is 3.04. The van der Waals surface area contributed by atoms with Gasteiger partial charge in [0.15, 0.2) is 5.65 Å².